The summed E-state index contributed by atoms with van der Waals surface area (Å²) in [4.78, 5) is 7.56. The van der Waals surface area contributed by atoms with Crippen molar-refractivity contribution in [3.8, 4) is 11.5 Å². The molecule has 0 aliphatic heterocycles. The van der Waals surface area contributed by atoms with E-state index in [4.69, 9.17) is 5.73 Å². The molecule has 0 aliphatic rings. The van der Waals surface area contributed by atoms with E-state index in [2.05, 4.69) is 35.5 Å². The van der Waals surface area contributed by atoms with Crippen LogP contribution in [0.15, 0.2) is 22.0 Å². The van der Waals surface area contributed by atoms with Crippen molar-refractivity contribution < 1.29 is 0 Å². The van der Waals surface area contributed by atoms with Gasteiger partial charge in [0.05, 0.1) is 11.2 Å². The summed E-state index contributed by atoms with van der Waals surface area (Å²) in [7, 11) is 0. The van der Waals surface area contributed by atoms with Crippen LogP contribution in [-0.4, -0.2) is 19.6 Å². The van der Waals surface area contributed by atoms with Crippen LogP contribution in [0.3, 0.4) is 0 Å². The van der Waals surface area contributed by atoms with E-state index in [0.29, 0.717) is 11.5 Å². The summed E-state index contributed by atoms with van der Waals surface area (Å²) >= 11 is 4.68. The molecular weight excluding hydrogens is 290 g/mol. The zero-order chi connectivity index (χ0) is 11.1. The normalized spacial score (nSPS) is 11.1. The maximum absolute atomic E-state index is 5.88. The Morgan fingerprint density at radius 3 is 3.00 bits per heavy atom. The third kappa shape index (κ3) is 1.48. The first-order chi connectivity index (χ1) is 7.74. The summed E-state index contributed by atoms with van der Waals surface area (Å²) < 4.78 is 4.72. The highest BCUT2D eigenvalue weighted by molar-refractivity contribution is 9.10. The number of benzene rings is 1. The van der Waals surface area contributed by atoms with E-state index in [1.54, 1.807) is 0 Å². The molecule has 0 saturated heterocycles. The van der Waals surface area contributed by atoms with Crippen molar-refractivity contribution in [1.82, 2.24) is 19.6 Å². The van der Waals surface area contributed by atoms with Gasteiger partial charge >= 0.3 is 0 Å². The molecule has 0 aliphatic carbocycles. The lowest BCUT2D eigenvalue weighted by Crippen LogP contribution is -1.86. The van der Waals surface area contributed by atoms with E-state index in [1.165, 1.54) is 11.5 Å². The molecule has 0 bridgehead atoms. The van der Waals surface area contributed by atoms with E-state index in [0.717, 1.165) is 21.2 Å². The van der Waals surface area contributed by atoms with Crippen LogP contribution in [0.1, 0.15) is 0 Å². The van der Waals surface area contributed by atoms with Crippen molar-refractivity contribution in [2.45, 2.75) is 0 Å². The number of aromatic amines is 1. The number of rotatable bonds is 1. The van der Waals surface area contributed by atoms with E-state index in [-0.39, 0.29) is 0 Å². The van der Waals surface area contributed by atoms with Gasteiger partial charge in [0, 0.05) is 9.85 Å². The number of hydrogen-bond acceptors (Lipinski definition) is 5. The summed E-state index contributed by atoms with van der Waals surface area (Å²) in [6.07, 6.45) is 0. The molecule has 0 spiro atoms. The Bertz CT molecular complexity index is 645. The largest absolute Gasteiger partial charge is 0.397 e. The van der Waals surface area contributed by atoms with Crippen molar-refractivity contribution in [3.05, 3.63) is 22.0 Å². The summed E-state index contributed by atoms with van der Waals surface area (Å²) in [6, 6.07) is 3.76. The molecule has 2 aromatic heterocycles. The zero-order valence-electron chi connectivity index (χ0n) is 7.94. The van der Waals surface area contributed by atoms with Crippen LogP contribution in [0.5, 0.6) is 0 Å². The van der Waals surface area contributed by atoms with Crippen LogP contribution < -0.4 is 5.73 Å². The Morgan fingerprint density at radius 2 is 2.25 bits per heavy atom. The van der Waals surface area contributed by atoms with Gasteiger partial charge in [0.1, 0.15) is 11.2 Å². The molecule has 2 heterocycles. The molecule has 0 saturated carbocycles. The number of nitrogens with two attached hydrogens (primary N) is 1. The number of nitrogens with one attached hydrogen (secondary N) is 1. The first kappa shape index (κ1) is 9.73. The molecule has 5 nitrogen and oxygen atoms in total. The predicted octanol–water partition coefficient (Wildman–Crippen LogP) is 2.43. The van der Waals surface area contributed by atoms with Gasteiger partial charge in [-0.25, -0.2) is 4.98 Å². The number of H-pyrrole nitrogens is 1. The Hall–Kier alpha value is -1.47. The molecule has 0 fully saturated rings. The van der Waals surface area contributed by atoms with Gasteiger partial charge in [0.15, 0.2) is 5.82 Å². The molecule has 7 heteroatoms. The lowest BCUT2D eigenvalue weighted by molar-refractivity contribution is 1.13. The van der Waals surface area contributed by atoms with Crippen LogP contribution >= 0.6 is 27.5 Å². The predicted molar refractivity (Wildman–Crippen MR) is 67.1 cm³/mol. The molecule has 16 heavy (non-hydrogen) atoms. The number of nitrogens with zero attached hydrogens (tertiary/aromatic N) is 3. The minimum absolute atomic E-state index is 0.634. The number of hydrogen-bond donors (Lipinski definition) is 2. The zero-order valence-corrected chi connectivity index (χ0v) is 10.3. The van der Waals surface area contributed by atoms with Gasteiger partial charge in [-0.1, -0.05) is 20.4 Å². The van der Waals surface area contributed by atoms with E-state index in [1.807, 2.05) is 17.5 Å². The monoisotopic (exact) mass is 295 g/mol. The standard InChI is InChI=1S/C9H6BrN5S/c10-4-1-5(11)8-6(2-4)12-9(13-8)7-3-16-15-14-7/h1-3H,11H2,(H,12,13). The second kappa shape index (κ2) is 3.53. The molecule has 1 aromatic carbocycles. The van der Waals surface area contributed by atoms with Crippen molar-refractivity contribution in [2.24, 2.45) is 0 Å². The quantitative estimate of drug-likeness (QED) is 0.676. The topological polar surface area (TPSA) is 80.5 Å². The average molecular weight is 296 g/mol. The van der Waals surface area contributed by atoms with Crippen molar-refractivity contribution in [2.75, 3.05) is 5.73 Å². The first-order valence-electron chi connectivity index (χ1n) is 4.46. The Kier molecular flexibility index (Phi) is 2.15. The molecule has 0 radical (unpaired) electrons. The van der Waals surface area contributed by atoms with E-state index < -0.39 is 0 Å². The average Bonchev–Trinajstić information content (AvgIpc) is 2.82. The summed E-state index contributed by atoms with van der Waals surface area (Å²) in [5.41, 5.74) is 8.89. The minimum atomic E-state index is 0.634. The van der Waals surface area contributed by atoms with Gasteiger partial charge in [-0.05, 0) is 23.7 Å². The third-order valence-corrected chi connectivity index (χ3v) is 3.15. The number of anilines is 1. The molecule has 0 amide bonds. The smallest absolute Gasteiger partial charge is 0.160 e. The van der Waals surface area contributed by atoms with Gasteiger partial charge in [0.2, 0.25) is 0 Å². The molecule has 3 aromatic rings. The van der Waals surface area contributed by atoms with Crippen LogP contribution in [0, 0.1) is 0 Å². The fourth-order valence-electron chi connectivity index (χ4n) is 1.50. The van der Waals surface area contributed by atoms with Crippen LogP contribution in [0.2, 0.25) is 0 Å². The van der Waals surface area contributed by atoms with Gasteiger partial charge < -0.3 is 10.7 Å². The number of aromatic nitrogens is 4. The summed E-state index contributed by atoms with van der Waals surface area (Å²) in [5.74, 6) is 0.688. The molecule has 80 valence electrons. The van der Waals surface area contributed by atoms with Crippen LogP contribution in [0.4, 0.5) is 5.69 Å². The highest BCUT2D eigenvalue weighted by atomic mass is 79.9. The maximum atomic E-state index is 5.88. The van der Waals surface area contributed by atoms with Crippen LogP contribution in [-0.2, 0) is 0 Å². The van der Waals surface area contributed by atoms with E-state index in [9.17, 15) is 0 Å². The Labute approximate surface area is 103 Å². The fraction of sp³-hybridized carbons (Fsp3) is 0. The van der Waals surface area contributed by atoms with Gasteiger partial charge in [-0.3, -0.25) is 0 Å². The number of nitrogen functional groups attached to an aromatic ring is 1. The summed E-state index contributed by atoms with van der Waals surface area (Å²) in [6.45, 7) is 0. The lowest BCUT2D eigenvalue weighted by Gasteiger charge is -1.94. The molecule has 0 atom stereocenters. The molecule has 3 rings (SSSR count). The summed E-state index contributed by atoms with van der Waals surface area (Å²) in [5, 5.41) is 5.79. The van der Waals surface area contributed by atoms with Crippen molar-refractivity contribution >= 4 is 44.2 Å². The number of fused-ring (bicyclic) bond motifs is 1. The number of imidazole rings is 1. The third-order valence-electron chi connectivity index (χ3n) is 2.18. The van der Waals surface area contributed by atoms with Crippen molar-refractivity contribution in [3.63, 3.8) is 0 Å². The van der Waals surface area contributed by atoms with E-state index >= 15 is 0 Å². The number of halogens is 1. The van der Waals surface area contributed by atoms with Gasteiger partial charge in [0.25, 0.3) is 0 Å². The SMILES string of the molecule is Nc1cc(Br)cc2[nH]c(-c3csnn3)nc12. The second-order valence-electron chi connectivity index (χ2n) is 3.27. The Morgan fingerprint density at radius 1 is 1.38 bits per heavy atom. The van der Waals surface area contributed by atoms with Crippen molar-refractivity contribution in [1.29, 1.82) is 0 Å². The highest BCUT2D eigenvalue weighted by Crippen LogP contribution is 2.27. The minimum Gasteiger partial charge on any atom is -0.397 e. The maximum Gasteiger partial charge on any atom is 0.160 e. The molecular formula is C9H6BrN5S. The van der Waals surface area contributed by atoms with Gasteiger partial charge in [-0.2, -0.15) is 0 Å². The van der Waals surface area contributed by atoms with Crippen LogP contribution in [0.25, 0.3) is 22.6 Å². The highest BCUT2D eigenvalue weighted by Gasteiger charge is 2.10. The lowest BCUT2D eigenvalue weighted by atomic mass is 10.3. The Balaban J connectivity index is 2.27. The first-order valence-corrected chi connectivity index (χ1v) is 6.09. The van der Waals surface area contributed by atoms with Gasteiger partial charge in [-0.15, -0.1) is 5.10 Å². The molecule has 0 unspecified atom stereocenters. The second-order valence-corrected chi connectivity index (χ2v) is 4.79. The molecule has 3 N–H and O–H groups in total. The fourth-order valence-corrected chi connectivity index (χ4v) is 2.41.